The number of aliphatic hydroxyl groups excluding tert-OH is 1. The van der Waals surface area contributed by atoms with E-state index in [2.05, 4.69) is 26.6 Å². The molecule has 6 heteroatoms. The van der Waals surface area contributed by atoms with Gasteiger partial charge < -0.3 is 20.5 Å². The van der Waals surface area contributed by atoms with Crippen LogP contribution in [0.4, 0.5) is 10.5 Å². The van der Waals surface area contributed by atoms with Gasteiger partial charge in [-0.15, -0.1) is 0 Å². The first-order chi connectivity index (χ1) is 9.60. The van der Waals surface area contributed by atoms with Gasteiger partial charge in [0.15, 0.2) is 0 Å². The lowest BCUT2D eigenvalue weighted by Gasteiger charge is -2.28. The topological polar surface area (TPSA) is 70.6 Å². The minimum absolute atomic E-state index is 0.166. The van der Waals surface area contributed by atoms with Crippen molar-refractivity contribution in [2.75, 3.05) is 12.4 Å². The molecule has 2 atom stereocenters. The van der Waals surface area contributed by atoms with Crippen molar-refractivity contribution in [3.8, 4) is 5.75 Å². The zero-order chi connectivity index (χ0) is 14.5. The minimum Gasteiger partial charge on any atom is -0.495 e. The Labute approximate surface area is 126 Å². The molecule has 1 saturated carbocycles. The van der Waals surface area contributed by atoms with Crippen molar-refractivity contribution in [2.24, 2.45) is 0 Å². The van der Waals surface area contributed by atoms with Crippen LogP contribution in [0.5, 0.6) is 5.75 Å². The maximum absolute atomic E-state index is 11.9. The summed E-state index contributed by atoms with van der Waals surface area (Å²) in [7, 11) is 1.57. The Hall–Kier alpha value is -1.27. The quantitative estimate of drug-likeness (QED) is 0.790. The predicted molar refractivity (Wildman–Crippen MR) is 81.1 cm³/mol. The number of carbonyl (C=O) groups excluding carboxylic acids is 1. The smallest absolute Gasteiger partial charge is 0.319 e. The number of amides is 2. The van der Waals surface area contributed by atoms with Crippen molar-refractivity contribution in [3.63, 3.8) is 0 Å². The summed E-state index contributed by atoms with van der Waals surface area (Å²) in [4.78, 5) is 11.9. The fourth-order valence-electron chi connectivity index (χ4n) is 2.35. The number of ether oxygens (including phenoxy) is 1. The van der Waals surface area contributed by atoms with E-state index in [0.29, 0.717) is 11.4 Å². The van der Waals surface area contributed by atoms with E-state index in [1.165, 1.54) is 0 Å². The monoisotopic (exact) mass is 342 g/mol. The van der Waals surface area contributed by atoms with Gasteiger partial charge in [0.05, 0.1) is 23.7 Å². The zero-order valence-corrected chi connectivity index (χ0v) is 12.9. The van der Waals surface area contributed by atoms with Gasteiger partial charge in [-0.2, -0.15) is 0 Å². The third-order valence-electron chi connectivity index (χ3n) is 3.45. The second-order valence-electron chi connectivity index (χ2n) is 4.91. The third kappa shape index (κ3) is 3.86. The Morgan fingerprint density at radius 3 is 2.85 bits per heavy atom. The number of halogens is 1. The van der Waals surface area contributed by atoms with Crippen LogP contribution >= 0.6 is 15.9 Å². The molecule has 2 rings (SSSR count). The van der Waals surface area contributed by atoms with E-state index >= 15 is 0 Å². The van der Waals surface area contributed by atoms with E-state index in [1.807, 2.05) is 6.07 Å². The first-order valence-corrected chi connectivity index (χ1v) is 7.48. The summed E-state index contributed by atoms with van der Waals surface area (Å²) in [6.07, 6.45) is 3.17. The molecule has 0 bridgehead atoms. The second-order valence-corrected chi connectivity index (χ2v) is 5.76. The SMILES string of the molecule is COc1cc(NC(=O)NC2CCCCC2O)ccc1Br. The second kappa shape index (κ2) is 6.95. The molecule has 20 heavy (non-hydrogen) atoms. The number of urea groups is 1. The van der Waals surface area contributed by atoms with E-state index < -0.39 is 6.10 Å². The molecule has 1 aromatic rings. The fourth-order valence-corrected chi connectivity index (χ4v) is 2.76. The number of nitrogens with one attached hydrogen (secondary N) is 2. The molecule has 0 aliphatic heterocycles. The molecule has 1 aliphatic carbocycles. The van der Waals surface area contributed by atoms with Gasteiger partial charge in [-0.05, 0) is 40.9 Å². The molecule has 0 heterocycles. The maximum atomic E-state index is 11.9. The van der Waals surface area contributed by atoms with Crippen LogP contribution < -0.4 is 15.4 Å². The molecule has 0 spiro atoms. The van der Waals surface area contributed by atoms with E-state index in [9.17, 15) is 9.90 Å². The van der Waals surface area contributed by atoms with Crippen LogP contribution in [-0.4, -0.2) is 30.4 Å². The highest BCUT2D eigenvalue weighted by Gasteiger charge is 2.24. The molecule has 2 unspecified atom stereocenters. The third-order valence-corrected chi connectivity index (χ3v) is 4.11. The number of rotatable bonds is 3. The Balaban J connectivity index is 1.94. The van der Waals surface area contributed by atoms with Crippen LogP contribution in [0.2, 0.25) is 0 Å². The molecule has 0 saturated heterocycles. The number of anilines is 1. The lowest BCUT2D eigenvalue weighted by Crippen LogP contribution is -2.46. The van der Waals surface area contributed by atoms with Crippen LogP contribution in [-0.2, 0) is 0 Å². The number of hydrogen-bond acceptors (Lipinski definition) is 3. The van der Waals surface area contributed by atoms with Crippen LogP contribution in [0.3, 0.4) is 0 Å². The number of benzene rings is 1. The highest BCUT2D eigenvalue weighted by molar-refractivity contribution is 9.10. The lowest BCUT2D eigenvalue weighted by molar-refractivity contribution is 0.0955. The minimum atomic E-state index is -0.450. The number of carbonyl (C=O) groups is 1. The van der Waals surface area contributed by atoms with Crippen LogP contribution in [0, 0.1) is 0 Å². The average molecular weight is 343 g/mol. The number of hydrogen-bond donors (Lipinski definition) is 3. The highest BCUT2D eigenvalue weighted by Crippen LogP contribution is 2.27. The molecule has 2 amide bonds. The molecular formula is C14H19BrN2O3. The first kappa shape index (κ1) is 15.1. The van der Waals surface area contributed by atoms with Gasteiger partial charge in [0.25, 0.3) is 0 Å². The lowest BCUT2D eigenvalue weighted by atomic mass is 9.93. The van der Waals surface area contributed by atoms with Crippen molar-refractivity contribution in [2.45, 2.75) is 37.8 Å². The summed E-state index contributed by atoms with van der Waals surface area (Å²) < 4.78 is 6.00. The van der Waals surface area contributed by atoms with Crippen molar-refractivity contribution >= 4 is 27.6 Å². The van der Waals surface area contributed by atoms with E-state index in [-0.39, 0.29) is 12.1 Å². The van der Waals surface area contributed by atoms with Crippen molar-refractivity contribution in [3.05, 3.63) is 22.7 Å². The largest absolute Gasteiger partial charge is 0.495 e. The van der Waals surface area contributed by atoms with Crippen LogP contribution in [0.25, 0.3) is 0 Å². The maximum Gasteiger partial charge on any atom is 0.319 e. The molecule has 1 fully saturated rings. The zero-order valence-electron chi connectivity index (χ0n) is 11.4. The fraction of sp³-hybridized carbons (Fsp3) is 0.500. The van der Waals surface area contributed by atoms with Gasteiger partial charge in [-0.1, -0.05) is 12.8 Å². The summed E-state index contributed by atoms with van der Waals surface area (Å²) in [5, 5.41) is 15.4. The van der Waals surface area contributed by atoms with E-state index in [4.69, 9.17) is 4.74 Å². The summed E-state index contributed by atoms with van der Waals surface area (Å²) in [5.74, 6) is 0.653. The van der Waals surface area contributed by atoms with Gasteiger partial charge in [0.1, 0.15) is 5.75 Å². The Kier molecular flexibility index (Phi) is 5.25. The van der Waals surface area contributed by atoms with Gasteiger partial charge >= 0.3 is 6.03 Å². The van der Waals surface area contributed by atoms with Gasteiger partial charge in [0.2, 0.25) is 0 Å². The first-order valence-electron chi connectivity index (χ1n) is 6.69. The Morgan fingerprint density at radius 2 is 2.15 bits per heavy atom. The van der Waals surface area contributed by atoms with Gasteiger partial charge in [-0.25, -0.2) is 4.79 Å². The predicted octanol–water partition coefficient (Wildman–Crippen LogP) is 2.88. The van der Waals surface area contributed by atoms with Crippen molar-refractivity contribution < 1.29 is 14.6 Å². The Morgan fingerprint density at radius 1 is 1.40 bits per heavy atom. The molecule has 5 nitrogen and oxygen atoms in total. The standard InChI is InChI=1S/C14H19BrN2O3/c1-20-13-8-9(6-7-10(13)15)16-14(19)17-11-4-2-3-5-12(11)18/h6-8,11-12,18H,2-5H2,1H3,(H2,16,17,19). The highest BCUT2D eigenvalue weighted by atomic mass is 79.9. The average Bonchev–Trinajstić information content (AvgIpc) is 2.43. The van der Waals surface area contributed by atoms with Crippen LogP contribution in [0.1, 0.15) is 25.7 Å². The molecule has 0 aromatic heterocycles. The van der Waals surface area contributed by atoms with E-state index in [0.717, 1.165) is 30.2 Å². The molecule has 1 aromatic carbocycles. The molecule has 0 radical (unpaired) electrons. The van der Waals surface area contributed by atoms with Gasteiger partial charge in [0, 0.05) is 11.8 Å². The summed E-state index contributed by atoms with van der Waals surface area (Å²) >= 11 is 3.36. The summed E-state index contributed by atoms with van der Waals surface area (Å²) in [6.45, 7) is 0. The summed E-state index contributed by atoms with van der Waals surface area (Å²) in [6, 6.07) is 4.86. The van der Waals surface area contributed by atoms with E-state index in [1.54, 1.807) is 19.2 Å². The normalized spacial score (nSPS) is 22.1. The number of aliphatic hydroxyl groups is 1. The molecule has 3 N–H and O–H groups in total. The van der Waals surface area contributed by atoms with Crippen molar-refractivity contribution in [1.29, 1.82) is 0 Å². The van der Waals surface area contributed by atoms with Crippen molar-refractivity contribution in [1.82, 2.24) is 5.32 Å². The van der Waals surface area contributed by atoms with Gasteiger partial charge in [-0.3, -0.25) is 0 Å². The number of methoxy groups -OCH3 is 1. The molecule has 1 aliphatic rings. The molecular weight excluding hydrogens is 324 g/mol. The Bertz CT molecular complexity index is 481. The molecule has 110 valence electrons. The van der Waals surface area contributed by atoms with Crippen LogP contribution in [0.15, 0.2) is 22.7 Å². The summed E-state index contributed by atoms with van der Waals surface area (Å²) in [5.41, 5.74) is 0.646.